The molecule has 4 heteroatoms. The van der Waals surface area contributed by atoms with E-state index in [0.29, 0.717) is 18.3 Å². The number of carbonyl (C=O) groups excluding carboxylic acids is 1. The normalized spacial score (nSPS) is 31.0. The summed E-state index contributed by atoms with van der Waals surface area (Å²) in [5, 5.41) is 9.36. The lowest BCUT2D eigenvalue weighted by atomic mass is 9.78. The molecule has 2 aliphatic rings. The van der Waals surface area contributed by atoms with Gasteiger partial charge < -0.3 is 10.0 Å². The van der Waals surface area contributed by atoms with Gasteiger partial charge in [0.15, 0.2) is 0 Å². The van der Waals surface area contributed by atoms with Crippen molar-refractivity contribution in [1.82, 2.24) is 4.90 Å². The van der Waals surface area contributed by atoms with E-state index in [9.17, 15) is 14.7 Å². The van der Waals surface area contributed by atoms with Crippen molar-refractivity contribution in [2.75, 3.05) is 13.1 Å². The Morgan fingerprint density at radius 1 is 0.952 bits per heavy atom. The number of hydrogen-bond acceptors (Lipinski definition) is 2. The van der Waals surface area contributed by atoms with Crippen LogP contribution in [0.15, 0.2) is 0 Å². The van der Waals surface area contributed by atoms with Gasteiger partial charge in [0.05, 0.1) is 11.8 Å². The zero-order valence-corrected chi connectivity index (χ0v) is 13.4. The van der Waals surface area contributed by atoms with Crippen LogP contribution in [-0.2, 0) is 9.59 Å². The van der Waals surface area contributed by atoms with E-state index in [1.54, 1.807) is 0 Å². The van der Waals surface area contributed by atoms with Crippen LogP contribution in [0.3, 0.4) is 0 Å². The average molecular weight is 295 g/mol. The van der Waals surface area contributed by atoms with Gasteiger partial charge in [-0.2, -0.15) is 0 Å². The Labute approximate surface area is 127 Å². The summed E-state index contributed by atoms with van der Waals surface area (Å²) in [5.41, 5.74) is 0. The summed E-state index contributed by atoms with van der Waals surface area (Å²) < 4.78 is 0. The van der Waals surface area contributed by atoms with E-state index in [0.717, 1.165) is 45.2 Å². The lowest BCUT2D eigenvalue weighted by Crippen LogP contribution is -2.43. The first-order valence-electron chi connectivity index (χ1n) is 8.52. The van der Waals surface area contributed by atoms with Crippen molar-refractivity contribution in [2.45, 2.75) is 58.8 Å². The lowest BCUT2D eigenvalue weighted by molar-refractivity contribution is -0.152. The highest BCUT2D eigenvalue weighted by molar-refractivity contribution is 5.85. The molecule has 1 heterocycles. The third-order valence-corrected chi connectivity index (χ3v) is 5.43. The third kappa shape index (κ3) is 3.98. The number of hydrogen-bond donors (Lipinski definition) is 1. The van der Waals surface area contributed by atoms with Crippen molar-refractivity contribution in [2.24, 2.45) is 23.7 Å². The monoisotopic (exact) mass is 295 g/mol. The summed E-state index contributed by atoms with van der Waals surface area (Å²) >= 11 is 0. The summed E-state index contributed by atoms with van der Waals surface area (Å²) in [6.07, 6.45) is 6.65. The van der Waals surface area contributed by atoms with E-state index in [4.69, 9.17) is 0 Å². The summed E-state index contributed by atoms with van der Waals surface area (Å²) in [6, 6.07) is 0. The largest absolute Gasteiger partial charge is 0.481 e. The van der Waals surface area contributed by atoms with Gasteiger partial charge in [-0.25, -0.2) is 0 Å². The maximum Gasteiger partial charge on any atom is 0.307 e. The van der Waals surface area contributed by atoms with E-state index in [-0.39, 0.29) is 11.8 Å². The fraction of sp³-hybridized carbons (Fsp3) is 0.882. The SMILES string of the molecule is CC(C)C1CCCN(C(=O)[C@@H]2CCCC[C@@H]2C(=O)O)CC1. The molecule has 0 spiro atoms. The molecule has 3 atom stereocenters. The molecule has 0 aromatic carbocycles. The van der Waals surface area contributed by atoms with Gasteiger partial charge in [0, 0.05) is 13.1 Å². The lowest BCUT2D eigenvalue weighted by Gasteiger charge is -2.32. The number of carboxylic acids is 1. The molecule has 0 radical (unpaired) electrons. The van der Waals surface area contributed by atoms with Crippen molar-refractivity contribution in [3.63, 3.8) is 0 Å². The minimum absolute atomic E-state index is 0.103. The first kappa shape index (κ1) is 16.3. The number of carbonyl (C=O) groups is 2. The Balaban J connectivity index is 1.99. The Kier molecular flexibility index (Phi) is 5.65. The standard InChI is InChI=1S/C17H29NO3/c1-12(2)13-6-5-10-18(11-9-13)16(19)14-7-3-4-8-15(14)17(20)21/h12-15H,3-11H2,1-2H3,(H,20,21)/t13?,14-,15+/m1/s1. The van der Waals surface area contributed by atoms with Gasteiger partial charge in [-0.1, -0.05) is 26.7 Å². The van der Waals surface area contributed by atoms with Crippen LogP contribution >= 0.6 is 0 Å². The van der Waals surface area contributed by atoms with Gasteiger partial charge >= 0.3 is 5.97 Å². The maximum absolute atomic E-state index is 12.8. The fourth-order valence-corrected chi connectivity index (χ4v) is 3.97. The van der Waals surface area contributed by atoms with E-state index >= 15 is 0 Å². The molecular formula is C17H29NO3. The average Bonchev–Trinajstić information content (AvgIpc) is 2.72. The van der Waals surface area contributed by atoms with Gasteiger partial charge in [0.2, 0.25) is 5.91 Å². The molecule has 1 N–H and O–H groups in total. The Hall–Kier alpha value is -1.06. The molecule has 0 aromatic heterocycles. The van der Waals surface area contributed by atoms with Crippen molar-refractivity contribution in [1.29, 1.82) is 0 Å². The molecule has 120 valence electrons. The molecule has 1 saturated heterocycles. The van der Waals surface area contributed by atoms with Crippen LogP contribution in [0, 0.1) is 23.7 Å². The molecule has 1 aliphatic heterocycles. The third-order valence-electron chi connectivity index (χ3n) is 5.43. The Morgan fingerprint density at radius 3 is 2.24 bits per heavy atom. The topological polar surface area (TPSA) is 57.6 Å². The highest BCUT2D eigenvalue weighted by atomic mass is 16.4. The van der Waals surface area contributed by atoms with Crippen molar-refractivity contribution in [3.05, 3.63) is 0 Å². The zero-order valence-electron chi connectivity index (χ0n) is 13.4. The maximum atomic E-state index is 12.8. The summed E-state index contributed by atoms with van der Waals surface area (Å²) in [7, 11) is 0. The van der Waals surface area contributed by atoms with Crippen LogP contribution in [0.2, 0.25) is 0 Å². The number of likely N-dealkylation sites (tertiary alicyclic amines) is 1. The molecule has 0 bridgehead atoms. The second-order valence-electron chi connectivity index (χ2n) is 7.10. The van der Waals surface area contributed by atoms with Crippen LogP contribution in [0.4, 0.5) is 0 Å². The fourth-order valence-electron chi connectivity index (χ4n) is 3.97. The predicted molar refractivity (Wildman–Crippen MR) is 81.8 cm³/mol. The molecule has 0 aromatic rings. The molecule has 1 saturated carbocycles. The second kappa shape index (κ2) is 7.28. The number of nitrogens with zero attached hydrogens (tertiary/aromatic N) is 1. The number of carboxylic acid groups (broad SMARTS) is 1. The van der Waals surface area contributed by atoms with E-state index in [1.165, 1.54) is 6.42 Å². The Morgan fingerprint density at radius 2 is 1.62 bits per heavy atom. The molecule has 4 nitrogen and oxygen atoms in total. The van der Waals surface area contributed by atoms with Gasteiger partial charge in [0.25, 0.3) is 0 Å². The van der Waals surface area contributed by atoms with Gasteiger partial charge in [-0.15, -0.1) is 0 Å². The molecule has 2 rings (SSSR count). The minimum Gasteiger partial charge on any atom is -0.481 e. The Bertz CT molecular complexity index is 380. The molecule has 1 unspecified atom stereocenters. The van der Waals surface area contributed by atoms with Crippen LogP contribution in [-0.4, -0.2) is 35.0 Å². The second-order valence-corrected chi connectivity index (χ2v) is 7.10. The zero-order chi connectivity index (χ0) is 15.4. The number of aliphatic carboxylic acids is 1. The van der Waals surface area contributed by atoms with Crippen molar-refractivity contribution < 1.29 is 14.7 Å². The van der Waals surface area contributed by atoms with Crippen LogP contribution in [0.5, 0.6) is 0 Å². The molecular weight excluding hydrogens is 266 g/mol. The van der Waals surface area contributed by atoms with Crippen LogP contribution in [0.1, 0.15) is 58.8 Å². The van der Waals surface area contributed by atoms with Crippen LogP contribution < -0.4 is 0 Å². The number of rotatable bonds is 3. The highest BCUT2D eigenvalue weighted by Gasteiger charge is 2.38. The quantitative estimate of drug-likeness (QED) is 0.870. The molecule has 21 heavy (non-hydrogen) atoms. The van der Waals surface area contributed by atoms with Gasteiger partial charge in [-0.3, -0.25) is 9.59 Å². The molecule has 2 fully saturated rings. The van der Waals surface area contributed by atoms with E-state index < -0.39 is 11.9 Å². The molecule has 1 aliphatic carbocycles. The predicted octanol–water partition coefficient (Wildman–Crippen LogP) is 3.16. The van der Waals surface area contributed by atoms with Gasteiger partial charge in [0.1, 0.15) is 0 Å². The summed E-state index contributed by atoms with van der Waals surface area (Å²) in [4.78, 5) is 26.1. The van der Waals surface area contributed by atoms with E-state index in [2.05, 4.69) is 13.8 Å². The van der Waals surface area contributed by atoms with Gasteiger partial charge in [-0.05, 0) is 43.9 Å². The van der Waals surface area contributed by atoms with Crippen molar-refractivity contribution in [3.8, 4) is 0 Å². The van der Waals surface area contributed by atoms with Crippen LogP contribution in [0.25, 0.3) is 0 Å². The van der Waals surface area contributed by atoms with Crippen molar-refractivity contribution >= 4 is 11.9 Å². The summed E-state index contributed by atoms with van der Waals surface area (Å²) in [5.74, 6) is -0.0670. The number of amides is 1. The van der Waals surface area contributed by atoms with E-state index in [1.807, 2.05) is 4.90 Å². The smallest absolute Gasteiger partial charge is 0.307 e. The summed E-state index contributed by atoms with van der Waals surface area (Å²) in [6.45, 7) is 6.13. The highest BCUT2D eigenvalue weighted by Crippen LogP contribution is 2.33. The molecule has 1 amide bonds. The first-order chi connectivity index (χ1) is 10.0. The minimum atomic E-state index is -0.789. The first-order valence-corrected chi connectivity index (χ1v) is 8.52.